The quantitative estimate of drug-likeness (QED) is 0.489. The van der Waals surface area contributed by atoms with E-state index in [1.807, 2.05) is 0 Å². The maximum Gasteiger partial charge on any atom is 0.296 e. The van der Waals surface area contributed by atoms with Crippen molar-refractivity contribution in [2.75, 3.05) is 0 Å². The van der Waals surface area contributed by atoms with E-state index in [1.54, 1.807) is 6.07 Å². The number of halogens is 2. The van der Waals surface area contributed by atoms with E-state index in [0.29, 0.717) is 11.4 Å². The van der Waals surface area contributed by atoms with Gasteiger partial charge in [-0.3, -0.25) is 10.1 Å². The van der Waals surface area contributed by atoms with Crippen LogP contribution in [0.15, 0.2) is 24.4 Å². The van der Waals surface area contributed by atoms with Crippen molar-refractivity contribution in [1.82, 2.24) is 15.0 Å². The molecule has 0 aliphatic rings. The van der Waals surface area contributed by atoms with Gasteiger partial charge in [0.1, 0.15) is 5.69 Å². The van der Waals surface area contributed by atoms with Crippen LogP contribution >= 0.6 is 23.2 Å². The van der Waals surface area contributed by atoms with Crippen LogP contribution < -0.4 is 0 Å². The van der Waals surface area contributed by atoms with E-state index in [-0.39, 0.29) is 16.6 Å². The van der Waals surface area contributed by atoms with Crippen LogP contribution in [-0.2, 0) is 5.88 Å². The molecule has 0 radical (unpaired) electrons. The summed E-state index contributed by atoms with van der Waals surface area (Å²) in [7, 11) is 0. The first-order chi connectivity index (χ1) is 8.11. The monoisotopic (exact) mass is 272 g/mol. The maximum absolute atomic E-state index is 10.9. The van der Waals surface area contributed by atoms with E-state index in [9.17, 15) is 10.1 Å². The lowest BCUT2D eigenvalue weighted by Crippen LogP contribution is -2.00. The van der Waals surface area contributed by atoms with Crippen molar-refractivity contribution in [3.63, 3.8) is 0 Å². The Morgan fingerprint density at radius 1 is 1.47 bits per heavy atom. The zero-order valence-corrected chi connectivity index (χ0v) is 9.89. The molecule has 0 atom stereocenters. The lowest BCUT2D eigenvalue weighted by Gasteiger charge is -2.01. The van der Waals surface area contributed by atoms with Crippen LogP contribution in [0.3, 0.4) is 0 Å². The van der Waals surface area contributed by atoms with Gasteiger partial charge in [0, 0.05) is 11.1 Å². The highest BCUT2D eigenvalue weighted by atomic mass is 35.5. The molecule has 0 saturated carbocycles. The van der Waals surface area contributed by atoms with Gasteiger partial charge in [0.15, 0.2) is 0 Å². The minimum atomic E-state index is -0.525. The molecule has 0 fully saturated rings. The molecular formula is C9H6Cl2N4O2. The third kappa shape index (κ3) is 2.37. The molecule has 0 N–H and O–H groups in total. The predicted octanol–water partition coefficient (Wildman–Crippen LogP) is 2.57. The molecule has 8 heteroatoms. The second-order valence-electron chi connectivity index (χ2n) is 3.18. The molecule has 0 unspecified atom stereocenters. The van der Waals surface area contributed by atoms with Crippen LogP contribution in [-0.4, -0.2) is 19.9 Å². The van der Waals surface area contributed by atoms with E-state index in [4.69, 9.17) is 23.2 Å². The normalized spacial score (nSPS) is 10.5. The highest BCUT2D eigenvalue weighted by molar-refractivity contribution is 6.30. The number of hydrogen-bond donors (Lipinski definition) is 0. The molecule has 0 saturated heterocycles. The molecule has 2 aromatic rings. The molecule has 88 valence electrons. The zero-order valence-electron chi connectivity index (χ0n) is 8.38. The van der Waals surface area contributed by atoms with Gasteiger partial charge in [0.25, 0.3) is 5.69 Å². The van der Waals surface area contributed by atoms with Crippen molar-refractivity contribution in [2.45, 2.75) is 5.88 Å². The van der Waals surface area contributed by atoms with Gasteiger partial charge in [0.05, 0.1) is 22.7 Å². The average molecular weight is 273 g/mol. The highest BCUT2D eigenvalue weighted by Crippen LogP contribution is 2.26. The molecule has 0 aliphatic heterocycles. The first-order valence-electron chi connectivity index (χ1n) is 4.53. The number of aromatic nitrogens is 3. The van der Waals surface area contributed by atoms with Crippen LogP contribution in [0.5, 0.6) is 0 Å². The van der Waals surface area contributed by atoms with Gasteiger partial charge in [0.2, 0.25) is 0 Å². The number of hydrogen-bond acceptors (Lipinski definition) is 4. The molecular weight excluding hydrogens is 267 g/mol. The number of rotatable bonds is 3. The Kier molecular flexibility index (Phi) is 3.26. The van der Waals surface area contributed by atoms with Crippen LogP contribution in [0.25, 0.3) is 5.69 Å². The third-order valence-corrected chi connectivity index (χ3v) is 2.57. The Morgan fingerprint density at radius 3 is 2.82 bits per heavy atom. The Bertz CT molecular complexity index is 570. The molecule has 0 aliphatic carbocycles. The standard InChI is InChI=1S/C9H6Cl2N4O2/c10-4-7-5-14(13-12-7)8-2-1-6(11)3-9(8)15(16)17/h1-3,5H,4H2. The summed E-state index contributed by atoms with van der Waals surface area (Å²) in [5.74, 6) is 0.196. The fourth-order valence-corrected chi connectivity index (χ4v) is 1.60. The van der Waals surface area contributed by atoms with E-state index in [2.05, 4.69) is 10.3 Å². The molecule has 0 bridgehead atoms. The summed E-state index contributed by atoms with van der Waals surface area (Å²) in [6, 6.07) is 4.32. The number of nitro groups is 1. The summed E-state index contributed by atoms with van der Waals surface area (Å²) in [6.45, 7) is 0. The molecule has 6 nitrogen and oxygen atoms in total. The number of nitrogens with zero attached hydrogens (tertiary/aromatic N) is 4. The second kappa shape index (κ2) is 4.68. The van der Waals surface area contributed by atoms with Gasteiger partial charge in [-0.25, -0.2) is 4.68 Å². The molecule has 1 heterocycles. The van der Waals surface area contributed by atoms with Crippen LogP contribution in [0.1, 0.15) is 5.69 Å². The average Bonchev–Trinajstić information content (AvgIpc) is 2.77. The van der Waals surface area contributed by atoms with Crippen molar-refractivity contribution in [2.24, 2.45) is 0 Å². The summed E-state index contributed by atoms with van der Waals surface area (Å²) < 4.78 is 1.30. The summed E-state index contributed by atoms with van der Waals surface area (Å²) in [5.41, 5.74) is 0.697. The molecule has 0 amide bonds. The van der Waals surface area contributed by atoms with E-state index in [0.717, 1.165) is 0 Å². The number of alkyl halides is 1. The van der Waals surface area contributed by atoms with E-state index in [1.165, 1.54) is 23.0 Å². The van der Waals surface area contributed by atoms with Gasteiger partial charge in [-0.1, -0.05) is 16.8 Å². The minimum Gasteiger partial charge on any atom is -0.258 e. The lowest BCUT2D eigenvalue weighted by atomic mass is 10.2. The van der Waals surface area contributed by atoms with Crippen molar-refractivity contribution in [3.8, 4) is 5.69 Å². The van der Waals surface area contributed by atoms with Crippen LogP contribution in [0.4, 0.5) is 5.69 Å². The Morgan fingerprint density at radius 2 is 2.24 bits per heavy atom. The van der Waals surface area contributed by atoms with Crippen molar-refractivity contribution >= 4 is 28.9 Å². The molecule has 2 rings (SSSR count). The summed E-state index contributed by atoms with van der Waals surface area (Å²) in [5, 5.41) is 18.7. The van der Waals surface area contributed by atoms with Gasteiger partial charge in [-0.15, -0.1) is 16.7 Å². The SMILES string of the molecule is O=[N+]([O-])c1cc(Cl)ccc1-n1cc(CCl)nn1. The van der Waals surface area contributed by atoms with E-state index >= 15 is 0 Å². The fraction of sp³-hybridized carbons (Fsp3) is 0.111. The predicted molar refractivity (Wildman–Crippen MR) is 62.6 cm³/mol. The first kappa shape index (κ1) is 11.8. The largest absolute Gasteiger partial charge is 0.296 e. The van der Waals surface area contributed by atoms with Gasteiger partial charge < -0.3 is 0 Å². The third-order valence-electron chi connectivity index (χ3n) is 2.06. The molecule has 0 spiro atoms. The lowest BCUT2D eigenvalue weighted by molar-refractivity contribution is -0.384. The van der Waals surface area contributed by atoms with Gasteiger partial charge in [-0.05, 0) is 12.1 Å². The smallest absolute Gasteiger partial charge is 0.258 e. The minimum absolute atomic E-state index is 0.136. The van der Waals surface area contributed by atoms with Crippen molar-refractivity contribution < 1.29 is 4.92 Å². The molecule has 1 aromatic carbocycles. The molecule has 1 aromatic heterocycles. The van der Waals surface area contributed by atoms with Gasteiger partial charge >= 0.3 is 0 Å². The van der Waals surface area contributed by atoms with Gasteiger partial charge in [-0.2, -0.15) is 0 Å². The number of benzene rings is 1. The Labute approximate surface area is 106 Å². The first-order valence-corrected chi connectivity index (χ1v) is 5.44. The fourth-order valence-electron chi connectivity index (χ4n) is 1.31. The topological polar surface area (TPSA) is 73.8 Å². The second-order valence-corrected chi connectivity index (χ2v) is 3.88. The summed E-state index contributed by atoms with van der Waals surface area (Å²) >= 11 is 11.3. The Balaban J connectivity index is 2.54. The van der Waals surface area contributed by atoms with Crippen LogP contribution in [0, 0.1) is 10.1 Å². The summed E-state index contributed by atoms with van der Waals surface area (Å²) in [6.07, 6.45) is 1.53. The maximum atomic E-state index is 10.9. The van der Waals surface area contributed by atoms with E-state index < -0.39 is 4.92 Å². The number of nitro benzene ring substituents is 1. The Hall–Kier alpha value is -1.66. The summed E-state index contributed by atoms with van der Waals surface area (Å²) in [4.78, 5) is 10.4. The zero-order chi connectivity index (χ0) is 12.4. The molecule has 17 heavy (non-hydrogen) atoms. The highest BCUT2D eigenvalue weighted by Gasteiger charge is 2.17. The van der Waals surface area contributed by atoms with Crippen LogP contribution in [0.2, 0.25) is 5.02 Å². The van der Waals surface area contributed by atoms with Crippen molar-refractivity contribution in [1.29, 1.82) is 0 Å². The van der Waals surface area contributed by atoms with Crippen molar-refractivity contribution in [3.05, 3.63) is 45.2 Å².